The SMILES string of the molecule is O=CC(Cc1ccc(Cl)cc1Cl)n1ccnc1. The molecule has 0 fully saturated rings. The third-order valence-electron chi connectivity index (χ3n) is 2.51. The Bertz CT molecular complexity index is 511. The van der Waals surface area contributed by atoms with Crippen LogP contribution in [0.3, 0.4) is 0 Å². The molecule has 1 aromatic carbocycles. The summed E-state index contributed by atoms with van der Waals surface area (Å²) in [4.78, 5) is 15.0. The summed E-state index contributed by atoms with van der Waals surface area (Å²) in [5, 5.41) is 1.16. The Balaban J connectivity index is 2.22. The van der Waals surface area contributed by atoms with Gasteiger partial charge in [0.05, 0.1) is 12.4 Å². The van der Waals surface area contributed by atoms with E-state index in [0.717, 1.165) is 11.8 Å². The number of aromatic nitrogens is 2. The zero-order valence-electron chi connectivity index (χ0n) is 8.88. The van der Waals surface area contributed by atoms with E-state index in [1.165, 1.54) is 0 Å². The summed E-state index contributed by atoms with van der Waals surface area (Å²) >= 11 is 11.9. The average molecular weight is 269 g/mol. The number of imidazole rings is 1. The van der Waals surface area contributed by atoms with Gasteiger partial charge in [-0.25, -0.2) is 4.98 Å². The minimum absolute atomic E-state index is 0.295. The maximum atomic E-state index is 11.1. The van der Waals surface area contributed by atoms with Gasteiger partial charge in [0.2, 0.25) is 0 Å². The number of benzene rings is 1. The number of nitrogens with zero attached hydrogens (tertiary/aromatic N) is 2. The zero-order valence-corrected chi connectivity index (χ0v) is 10.4. The maximum Gasteiger partial charge on any atom is 0.143 e. The van der Waals surface area contributed by atoms with E-state index in [9.17, 15) is 4.79 Å². The van der Waals surface area contributed by atoms with Gasteiger partial charge in [-0.3, -0.25) is 0 Å². The minimum atomic E-state index is -0.295. The minimum Gasteiger partial charge on any atom is -0.327 e. The van der Waals surface area contributed by atoms with Crippen LogP contribution in [0, 0.1) is 0 Å². The quantitative estimate of drug-likeness (QED) is 0.799. The molecule has 0 aliphatic carbocycles. The molecule has 5 heteroatoms. The summed E-state index contributed by atoms with van der Waals surface area (Å²) in [7, 11) is 0. The van der Waals surface area contributed by atoms with Gasteiger partial charge in [-0.05, 0) is 17.7 Å². The lowest BCUT2D eigenvalue weighted by atomic mass is 10.1. The molecule has 0 spiro atoms. The second-order valence-electron chi connectivity index (χ2n) is 3.65. The van der Waals surface area contributed by atoms with Gasteiger partial charge in [0.25, 0.3) is 0 Å². The van der Waals surface area contributed by atoms with Crippen LogP contribution in [-0.4, -0.2) is 15.8 Å². The van der Waals surface area contributed by atoms with E-state index in [2.05, 4.69) is 4.98 Å². The van der Waals surface area contributed by atoms with Crippen molar-refractivity contribution in [3.8, 4) is 0 Å². The molecule has 2 rings (SSSR count). The van der Waals surface area contributed by atoms with Crippen LogP contribution in [0.15, 0.2) is 36.9 Å². The number of carbonyl (C=O) groups excluding carboxylic acids is 1. The van der Waals surface area contributed by atoms with Crippen molar-refractivity contribution in [1.29, 1.82) is 0 Å². The molecular weight excluding hydrogens is 259 g/mol. The molecule has 0 aliphatic rings. The molecule has 1 atom stereocenters. The van der Waals surface area contributed by atoms with Crippen LogP contribution in [-0.2, 0) is 11.2 Å². The Morgan fingerprint density at radius 3 is 2.82 bits per heavy atom. The fourth-order valence-corrected chi connectivity index (χ4v) is 2.09. The van der Waals surface area contributed by atoms with Crippen molar-refractivity contribution in [3.63, 3.8) is 0 Å². The van der Waals surface area contributed by atoms with Crippen molar-refractivity contribution in [2.75, 3.05) is 0 Å². The Morgan fingerprint density at radius 1 is 1.41 bits per heavy atom. The lowest BCUT2D eigenvalue weighted by molar-refractivity contribution is -0.110. The second-order valence-corrected chi connectivity index (χ2v) is 4.50. The monoisotopic (exact) mass is 268 g/mol. The van der Waals surface area contributed by atoms with E-state index in [-0.39, 0.29) is 6.04 Å². The van der Waals surface area contributed by atoms with E-state index in [1.54, 1.807) is 35.4 Å². The lowest BCUT2D eigenvalue weighted by Gasteiger charge is -2.12. The Morgan fingerprint density at radius 2 is 2.24 bits per heavy atom. The number of carbonyl (C=O) groups is 1. The summed E-state index contributed by atoms with van der Waals surface area (Å²) in [5.41, 5.74) is 0.891. The maximum absolute atomic E-state index is 11.1. The van der Waals surface area contributed by atoms with Crippen molar-refractivity contribution in [2.45, 2.75) is 12.5 Å². The first-order valence-electron chi connectivity index (χ1n) is 5.07. The van der Waals surface area contributed by atoms with Crippen LogP contribution in [0.25, 0.3) is 0 Å². The smallest absolute Gasteiger partial charge is 0.143 e. The summed E-state index contributed by atoms with van der Waals surface area (Å²) in [6, 6.07) is 4.97. The number of aldehydes is 1. The molecule has 88 valence electrons. The van der Waals surface area contributed by atoms with Crippen molar-refractivity contribution in [3.05, 3.63) is 52.5 Å². The highest BCUT2D eigenvalue weighted by molar-refractivity contribution is 6.35. The molecule has 1 unspecified atom stereocenters. The standard InChI is InChI=1S/C12H10Cl2N2O/c13-10-2-1-9(12(14)6-10)5-11(7-17)16-4-3-15-8-16/h1-4,6-8,11H,5H2. The molecule has 3 nitrogen and oxygen atoms in total. The van der Waals surface area contributed by atoms with Gasteiger partial charge >= 0.3 is 0 Å². The zero-order chi connectivity index (χ0) is 12.3. The predicted octanol–water partition coefficient (Wildman–Crippen LogP) is 3.17. The molecule has 0 radical (unpaired) electrons. The van der Waals surface area contributed by atoms with Crippen molar-refractivity contribution >= 4 is 29.5 Å². The van der Waals surface area contributed by atoms with Gasteiger partial charge in [0, 0.05) is 28.9 Å². The summed E-state index contributed by atoms with van der Waals surface area (Å²) in [5.74, 6) is 0. The fraction of sp³-hybridized carbons (Fsp3) is 0.167. The number of hydrogen-bond donors (Lipinski definition) is 0. The number of halogens is 2. The third kappa shape index (κ3) is 2.87. The highest BCUT2D eigenvalue weighted by atomic mass is 35.5. The van der Waals surface area contributed by atoms with E-state index in [1.807, 2.05) is 6.07 Å². The number of hydrogen-bond acceptors (Lipinski definition) is 2. The highest BCUT2D eigenvalue weighted by Gasteiger charge is 2.12. The number of rotatable bonds is 4. The molecule has 0 N–H and O–H groups in total. The molecule has 17 heavy (non-hydrogen) atoms. The first-order valence-corrected chi connectivity index (χ1v) is 5.83. The summed E-state index contributed by atoms with van der Waals surface area (Å²) < 4.78 is 1.75. The van der Waals surface area contributed by atoms with E-state index in [0.29, 0.717) is 16.5 Å². The van der Waals surface area contributed by atoms with E-state index >= 15 is 0 Å². The molecule has 0 saturated carbocycles. The van der Waals surface area contributed by atoms with Crippen LogP contribution in [0.4, 0.5) is 0 Å². The van der Waals surface area contributed by atoms with Crippen LogP contribution >= 0.6 is 23.2 Å². The lowest BCUT2D eigenvalue weighted by Crippen LogP contribution is -2.11. The molecule has 0 saturated heterocycles. The normalized spacial score (nSPS) is 12.4. The topological polar surface area (TPSA) is 34.9 Å². The van der Waals surface area contributed by atoms with Crippen LogP contribution in [0.1, 0.15) is 11.6 Å². The first-order chi connectivity index (χ1) is 8.20. The highest BCUT2D eigenvalue weighted by Crippen LogP contribution is 2.24. The molecule has 1 heterocycles. The molecule has 0 aliphatic heterocycles. The van der Waals surface area contributed by atoms with Crippen molar-refractivity contribution in [2.24, 2.45) is 0 Å². The van der Waals surface area contributed by atoms with Crippen molar-refractivity contribution in [1.82, 2.24) is 9.55 Å². The fourth-order valence-electron chi connectivity index (χ4n) is 1.60. The van der Waals surface area contributed by atoms with Crippen LogP contribution in [0.5, 0.6) is 0 Å². The molecule has 1 aromatic heterocycles. The van der Waals surface area contributed by atoms with Crippen LogP contribution < -0.4 is 0 Å². The average Bonchev–Trinajstić information content (AvgIpc) is 2.81. The predicted molar refractivity (Wildman–Crippen MR) is 67.5 cm³/mol. The van der Waals surface area contributed by atoms with Gasteiger partial charge in [0.15, 0.2) is 0 Å². The Kier molecular flexibility index (Phi) is 3.82. The molecule has 0 amide bonds. The van der Waals surface area contributed by atoms with Crippen LogP contribution in [0.2, 0.25) is 10.0 Å². The first kappa shape index (κ1) is 12.1. The summed E-state index contributed by atoms with van der Waals surface area (Å²) in [6.07, 6.45) is 6.41. The Hall–Kier alpha value is -1.32. The Labute approximate surface area is 109 Å². The molecular formula is C12H10Cl2N2O. The third-order valence-corrected chi connectivity index (χ3v) is 3.10. The summed E-state index contributed by atoms with van der Waals surface area (Å²) in [6.45, 7) is 0. The molecule has 0 bridgehead atoms. The molecule has 2 aromatic rings. The second kappa shape index (κ2) is 5.34. The van der Waals surface area contributed by atoms with Gasteiger partial charge in [-0.2, -0.15) is 0 Å². The van der Waals surface area contributed by atoms with Gasteiger partial charge in [-0.15, -0.1) is 0 Å². The van der Waals surface area contributed by atoms with Gasteiger partial charge in [0.1, 0.15) is 6.29 Å². The van der Waals surface area contributed by atoms with Gasteiger partial charge < -0.3 is 9.36 Å². The largest absolute Gasteiger partial charge is 0.327 e. The van der Waals surface area contributed by atoms with Gasteiger partial charge in [-0.1, -0.05) is 29.3 Å². The van der Waals surface area contributed by atoms with E-state index < -0.39 is 0 Å². The van der Waals surface area contributed by atoms with Crippen molar-refractivity contribution < 1.29 is 4.79 Å². The van der Waals surface area contributed by atoms with E-state index in [4.69, 9.17) is 23.2 Å².